The van der Waals surface area contributed by atoms with Crippen LogP contribution in [-0.2, 0) is 43.5 Å². The molecule has 234 valence electrons. The molecule has 0 unspecified atom stereocenters. The van der Waals surface area contributed by atoms with Crippen molar-refractivity contribution in [3.63, 3.8) is 0 Å². The van der Waals surface area contributed by atoms with E-state index in [2.05, 4.69) is 13.8 Å². The highest BCUT2D eigenvalue weighted by molar-refractivity contribution is 5.28. The van der Waals surface area contributed by atoms with Crippen LogP contribution in [0.2, 0.25) is 0 Å². The fraction of sp³-hybridized carbons (Fsp3) is 0.486. The molecule has 0 amide bonds. The maximum atomic E-state index is 6.70. The molecule has 5 atom stereocenters. The van der Waals surface area contributed by atoms with Crippen molar-refractivity contribution in [1.29, 1.82) is 0 Å². The Kier molecular flexibility index (Phi) is 13.1. The van der Waals surface area contributed by atoms with Crippen LogP contribution in [0.15, 0.2) is 72.8 Å². The molecular formula is C35H46O8. The van der Waals surface area contributed by atoms with Gasteiger partial charge in [0.15, 0.2) is 6.29 Å². The van der Waals surface area contributed by atoms with Gasteiger partial charge in [0.2, 0.25) is 0 Å². The number of ether oxygens (including phenoxy) is 8. The molecular weight excluding hydrogens is 548 g/mol. The standard InChI is InChI=1S/C35H46O8/c1-6-8-21-39-35-34(42-24-27-13-19-30(38-5)20-14-27)33(41-23-26-11-17-29(37-4)18-12-26)32(31(7-2)43-35)40-22-25-9-15-28(36-3)16-10-25/h9-20,31-35H,6-8,21-24H2,1-5H3/t31-,32+,33+,34-,35-/m1/s1. The van der Waals surface area contributed by atoms with Crippen LogP contribution in [0.3, 0.4) is 0 Å². The Morgan fingerprint density at radius 2 is 0.953 bits per heavy atom. The van der Waals surface area contributed by atoms with Crippen molar-refractivity contribution >= 4 is 0 Å². The van der Waals surface area contributed by atoms with E-state index in [1.54, 1.807) is 21.3 Å². The molecule has 0 bridgehead atoms. The van der Waals surface area contributed by atoms with Crippen molar-refractivity contribution in [2.75, 3.05) is 27.9 Å². The zero-order valence-electron chi connectivity index (χ0n) is 26.0. The summed E-state index contributed by atoms with van der Waals surface area (Å²) in [6, 6.07) is 23.6. The van der Waals surface area contributed by atoms with E-state index in [1.807, 2.05) is 72.8 Å². The van der Waals surface area contributed by atoms with Gasteiger partial charge < -0.3 is 37.9 Å². The highest BCUT2D eigenvalue weighted by Gasteiger charge is 2.48. The van der Waals surface area contributed by atoms with Gasteiger partial charge in [0.1, 0.15) is 35.6 Å². The molecule has 1 aliphatic rings. The fourth-order valence-corrected chi connectivity index (χ4v) is 4.99. The molecule has 4 rings (SSSR count). The van der Waals surface area contributed by atoms with Crippen molar-refractivity contribution < 1.29 is 37.9 Å². The maximum Gasteiger partial charge on any atom is 0.186 e. The van der Waals surface area contributed by atoms with Crippen LogP contribution in [-0.4, -0.2) is 58.6 Å². The van der Waals surface area contributed by atoms with E-state index in [-0.39, 0.29) is 6.10 Å². The van der Waals surface area contributed by atoms with Crippen molar-refractivity contribution in [1.82, 2.24) is 0 Å². The zero-order valence-corrected chi connectivity index (χ0v) is 26.0. The van der Waals surface area contributed by atoms with Crippen LogP contribution < -0.4 is 14.2 Å². The first kappa shape index (κ1) is 32.8. The van der Waals surface area contributed by atoms with Gasteiger partial charge in [0.05, 0.1) is 47.3 Å². The summed E-state index contributed by atoms with van der Waals surface area (Å²) in [6.45, 7) is 5.93. The quantitative estimate of drug-likeness (QED) is 0.160. The van der Waals surface area contributed by atoms with Gasteiger partial charge in [-0.3, -0.25) is 0 Å². The predicted molar refractivity (Wildman–Crippen MR) is 165 cm³/mol. The molecule has 1 aliphatic heterocycles. The van der Waals surface area contributed by atoms with Gasteiger partial charge in [-0.2, -0.15) is 0 Å². The van der Waals surface area contributed by atoms with Gasteiger partial charge in [-0.1, -0.05) is 56.7 Å². The van der Waals surface area contributed by atoms with Crippen LogP contribution in [0, 0.1) is 0 Å². The third kappa shape index (κ3) is 9.42. The highest BCUT2D eigenvalue weighted by Crippen LogP contribution is 2.33. The van der Waals surface area contributed by atoms with E-state index >= 15 is 0 Å². The Morgan fingerprint density at radius 1 is 0.535 bits per heavy atom. The third-order valence-corrected chi connectivity index (χ3v) is 7.58. The lowest BCUT2D eigenvalue weighted by atomic mass is 9.96. The number of rotatable bonds is 17. The fourth-order valence-electron chi connectivity index (χ4n) is 4.99. The number of methoxy groups -OCH3 is 3. The summed E-state index contributed by atoms with van der Waals surface area (Å²) in [6.07, 6.45) is 0.460. The molecule has 0 N–H and O–H groups in total. The lowest BCUT2D eigenvalue weighted by Crippen LogP contribution is -2.60. The van der Waals surface area contributed by atoms with Gasteiger partial charge in [0, 0.05) is 6.61 Å². The van der Waals surface area contributed by atoms with Crippen LogP contribution in [0.5, 0.6) is 17.2 Å². The number of unbranched alkanes of at least 4 members (excludes halogenated alkanes) is 1. The minimum atomic E-state index is -0.601. The van der Waals surface area contributed by atoms with Gasteiger partial charge in [-0.15, -0.1) is 0 Å². The summed E-state index contributed by atoms with van der Waals surface area (Å²) in [5.74, 6) is 2.40. The average molecular weight is 595 g/mol. The second-order valence-electron chi connectivity index (χ2n) is 10.5. The normalized spacial score (nSPS) is 21.8. The molecule has 8 nitrogen and oxygen atoms in total. The summed E-state index contributed by atoms with van der Waals surface area (Å²) in [5.41, 5.74) is 3.06. The first-order valence-electron chi connectivity index (χ1n) is 15.1. The first-order valence-corrected chi connectivity index (χ1v) is 15.1. The summed E-state index contributed by atoms with van der Waals surface area (Å²) in [7, 11) is 4.98. The minimum Gasteiger partial charge on any atom is -0.497 e. The molecule has 0 aliphatic carbocycles. The summed E-state index contributed by atoms with van der Waals surface area (Å²) < 4.78 is 48.7. The Hall–Kier alpha value is -3.14. The highest BCUT2D eigenvalue weighted by atomic mass is 16.7. The Balaban J connectivity index is 1.59. The molecule has 3 aromatic carbocycles. The summed E-state index contributed by atoms with van der Waals surface area (Å²) in [4.78, 5) is 0. The number of hydrogen-bond donors (Lipinski definition) is 0. The van der Waals surface area contributed by atoms with Crippen LogP contribution in [0.1, 0.15) is 49.8 Å². The average Bonchev–Trinajstić information content (AvgIpc) is 3.06. The second kappa shape index (κ2) is 17.2. The van der Waals surface area contributed by atoms with E-state index in [9.17, 15) is 0 Å². The van der Waals surface area contributed by atoms with E-state index in [0.29, 0.717) is 26.4 Å². The zero-order chi connectivity index (χ0) is 30.4. The third-order valence-electron chi connectivity index (χ3n) is 7.58. The van der Waals surface area contributed by atoms with Crippen LogP contribution in [0.4, 0.5) is 0 Å². The van der Waals surface area contributed by atoms with Gasteiger partial charge >= 0.3 is 0 Å². The largest absolute Gasteiger partial charge is 0.497 e. The smallest absolute Gasteiger partial charge is 0.186 e. The molecule has 0 saturated carbocycles. The lowest BCUT2D eigenvalue weighted by Gasteiger charge is -2.46. The number of hydrogen-bond acceptors (Lipinski definition) is 8. The second-order valence-corrected chi connectivity index (χ2v) is 10.5. The van der Waals surface area contributed by atoms with Gasteiger partial charge in [0.25, 0.3) is 0 Å². The first-order chi connectivity index (χ1) is 21.1. The molecule has 0 aromatic heterocycles. The van der Waals surface area contributed by atoms with E-state index in [1.165, 1.54) is 0 Å². The van der Waals surface area contributed by atoms with Crippen molar-refractivity contribution in [3.05, 3.63) is 89.5 Å². The molecule has 1 saturated heterocycles. The molecule has 1 fully saturated rings. The minimum absolute atomic E-state index is 0.244. The van der Waals surface area contributed by atoms with Crippen molar-refractivity contribution in [2.45, 2.75) is 83.6 Å². The predicted octanol–water partition coefficient (Wildman–Crippen LogP) is 6.72. The van der Waals surface area contributed by atoms with E-state index in [0.717, 1.165) is 53.2 Å². The Bertz CT molecular complexity index is 1180. The molecule has 43 heavy (non-hydrogen) atoms. The molecule has 8 heteroatoms. The molecule has 3 aromatic rings. The van der Waals surface area contributed by atoms with E-state index in [4.69, 9.17) is 37.9 Å². The van der Waals surface area contributed by atoms with Crippen molar-refractivity contribution in [2.24, 2.45) is 0 Å². The lowest BCUT2D eigenvalue weighted by molar-refractivity contribution is -0.323. The summed E-state index contributed by atoms with van der Waals surface area (Å²) >= 11 is 0. The Labute approximate surface area is 256 Å². The van der Waals surface area contributed by atoms with Crippen LogP contribution in [0.25, 0.3) is 0 Å². The van der Waals surface area contributed by atoms with E-state index < -0.39 is 24.6 Å². The number of benzene rings is 3. The summed E-state index contributed by atoms with van der Waals surface area (Å²) in [5, 5.41) is 0. The maximum absolute atomic E-state index is 6.70. The molecule has 0 radical (unpaired) electrons. The van der Waals surface area contributed by atoms with Gasteiger partial charge in [-0.05, 0) is 65.9 Å². The van der Waals surface area contributed by atoms with Crippen LogP contribution >= 0.6 is 0 Å². The van der Waals surface area contributed by atoms with Crippen molar-refractivity contribution in [3.8, 4) is 17.2 Å². The SMILES string of the molecule is CCCCO[C@@H]1O[C@H](CC)[C@H](OCc2ccc(OC)cc2)[C@H](OCc2ccc(OC)cc2)[C@H]1OCc1ccc(OC)cc1. The monoisotopic (exact) mass is 594 g/mol. The Morgan fingerprint density at radius 3 is 1.35 bits per heavy atom. The molecule has 1 heterocycles. The van der Waals surface area contributed by atoms with Gasteiger partial charge in [-0.25, -0.2) is 0 Å². The topological polar surface area (TPSA) is 73.8 Å². The molecule has 0 spiro atoms.